The number of aromatic nitrogens is 3. The van der Waals surface area contributed by atoms with Crippen LogP contribution in [-0.2, 0) is 37.0 Å². The Bertz CT molecular complexity index is 2400. The smallest absolute Gasteiger partial charge is 0.296 e. The lowest BCUT2D eigenvalue weighted by molar-refractivity contribution is -0.384. The van der Waals surface area contributed by atoms with Gasteiger partial charge < -0.3 is 54.7 Å². The number of methoxy groups -OCH3 is 1. The number of carbonyl (C=O) groups excluding carboxylic acids is 2. The highest BCUT2D eigenvalue weighted by Crippen LogP contribution is 2.38. The number of hydrogen-bond acceptors (Lipinski definition) is 19. The lowest BCUT2D eigenvalue weighted by Gasteiger charge is -2.40. The van der Waals surface area contributed by atoms with Crippen LogP contribution in [0.3, 0.4) is 0 Å². The molecule has 0 unspecified atom stereocenters. The highest BCUT2D eigenvalue weighted by atomic mass is 16.7. The molecule has 0 aliphatic carbocycles. The van der Waals surface area contributed by atoms with Gasteiger partial charge >= 0.3 is 0 Å². The maximum atomic E-state index is 12.6. The molecule has 1 aromatic heterocycles. The summed E-state index contributed by atoms with van der Waals surface area (Å²) in [5.41, 5.74) is 4.48. The number of nitro groups is 1. The van der Waals surface area contributed by atoms with Gasteiger partial charge in [0.05, 0.1) is 49.4 Å². The normalized spacial score (nSPS) is 18.0. The molecule has 1 fully saturated rings. The molecule has 5 rings (SSSR count). The topological polar surface area (TPSA) is 286 Å². The number of aliphatic hydroxyl groups excluding tert-OH is 3. The number of benzene rings is 3. The van der Waals surface area contributed by atoms with Gasteiger partial charge in [0.2, 0.25) is 11.8 Å². The first kappa shape index (κ1) is 56.6. The Kier molecular flexibility index (Phi) is 23.0. The average Bonchev–Trinajstić information content (AvgIpc) is 3.82. The molecule has 2 heterocycles. The van der Waals surface area contributed by atoms with Gasteiger partial charge in [-0.3, -0.25) is 24.4 Å². The van der Waals surface area contributed by atoms with Crippen LogP contribution in [0.15, 0.2) is 81.3 Å². The minimum absolute atomic E-state index is 0.0477. The third kappa shape index (κ3) is 18.4. The lowest BCUT2D eigenvalue weighted by atomic mass is 9.99. The van der Waals surface area contributed by atoms with Gasteiger partial charge in [-0.15, -0.1) is 20.4 Å². The molecule has 0 radical (unpaired) electrons. The number of anilines is 1. The van der Waals surface area contributed by atoms with E-state index in [1.807, 2.05) is 57.2 Å². The fraction of sp³-hybridized carbons (Fsp3) is 0.551. The second kappa shape index (κ2) is 29.2. The average molecular weight is 1000 g/mol. The second-order valence-electron chi connectivity index (χ2n) is 17.9. The first-order chi connectivity index (χ1) is 34.6. The molecular formula is C49H70N12O11. The zero-order valence-electron chi connectivity index (χ0n) is 42.1. The van der Waals surface area contributed by atoms with Crippen molar-refractivity contribution in [3.8, 4) is 5.75 Å². The molecule has 1 aliphatic heterocycles. The molecule has 3 aromatic carbocycles. The molecule has 5 N–H and O–H groups in total. The third-order valence-electron chi connectivity index (χ3n) is 11.7. The molecule has 0 spiro atoms. The van der Waals surface area contributed by atoms with Crippen molar-refractivity contribution < 1.29 is 48.8 Å². The summed E-state index contributed by atoms with van der Waals surface area (Å²) >= 11 is 0. The van der Waals surface area contributed by atoms with E-state index in [2.05, 4.69) is 46.3 Å². The SMILES string of the molecule is COc1cc(N=Nc2ccc(C)cc2[N+](=O)[O-])c(C)cc1N=Nc1ccc(N(C)CCCC(=O)NCCCO[C@@H]2O[C@H](COCc3cn(CCCNC(=O)CCCCCN(C)C)nn3)[C@@H](O)[C@H](O)[C@H]2O)cc1. The minimum atomic E-state index is -1.53. The van der Waals surface area contributed by atoms with Crippen LogP contribution in [0.4, 0.5) is 34.1 Å². The van der Waals surface area contributed by atoms with Crippen molar-refractivity contribution in [2.45, 2.75) is 109 Å². The van der Waals surface area contributed by atoms with Crippen LogP contribution in [0.2, 0.25) is 0 Å². The fourth-order valence-electron chi connectivity index (χ4n) is 7.50. The van der Waals surface area contributed by atoms with Crippen LogP contribution >= 0.6 is 0 Å². The first-order valence-corrected chi connectivity index (χ1v) is 24.2. The molecule has 1 aliphatic rings. The van der Waals surface area contributed by atoms with E-state index < -0.39 is 35.6 Å². The van der Waals surface area contributed by atoms with Crippen molar-refractivity contribution in [2.24, 2.45) is 20.5 Å². The van der Waals surface area contributed by atoms with Crippen molar-refractivity contribution in [1.29, 1.82) is 0 Å². The standard InChI is InChI=1S/C49H70N12O11/c1-33-15-20-38(41(27-33)61(67)68)54-55-39-29-42(69-6)40(28-34(39)2)56-52-35-16-18-37(19-17-35)59(5)24-10-14-45(63)51-22-12-26-71-49-48(66)47(65)46(64)43(72-49)32-70-31-36-30-60(57-53-36)25-11-21-50-44(62)13-8-7-9-23-58(3)4/h15-20,27-30,43,46-49,64-66H,7-14,21-26,31-32H2,1-6H3,(H,50,62)(H,51,63)/t43-,46-,47+,48-,49-/m1/s1. The third-order valence-corrected chi connectivity index (χ3v) is 11.7. The Morgan fingerprint density at radius 1 is 0.819 bits per heavy atom. The molecule has 72 heavy (non-hydrogen) atoms. The summed E-state index contributed by atoms with van der Waals surface area (Å²) in [5.74, 6) is 0.326. The van der Waals surface area contributed by atoms with E-state index in [0.717, 1.165) is 42.6 Å². The molecular weight excluding hydrogens is 933 g/mol. The zero-order chi connectivity index (χ0) is 52.0. The number of aryl methyl sites for hydroxylation is 3. The number of aliphatic hydroxyl groups is 3. The van der Waals surface area contributed by atoms with E-state index in [9.17, 15) is 35.0 Å². The first-order valence-electron chi connectivity index (χ1n) is 24.2. The Hall–Kier alpha value is -6.34. The summed E-state index contributed by atoms with van der Waals surface area (Å²) < 4.78 is 24.4. The van der Waals surface area contributed by atoms with E-state index in [-0.39, 0.29) is 43.0 Å². The number of azo groups is 2. The van der Waals surface area contributed by atoms with Crippen LogP contribution in [-0.4, -0.2) is 150 Å². The van der Waals surface area contributed by atoms with Gasteiger partial charge in [-0.1, -0.05) is 17.7 Å². The monoisotopic (exact) mass is 1000 g/mol. The molecule has 1 saturated heterocycles. The number of hydrogen-bond donors (Lipinski definition) is 5. The van der Waals surface area contributed by atoms with E-state index in [1.165, 1.54) is 13.2 Å². The van der Waals surface area contributed by atoms with Gasteiger partial charge in [0.25, 0.3) is 5.69 Å². The molecule has 5 atom stereocenters. The van der Waals surface area contributed by atoms with Crippen molar-refractivity contribution in [3.63, 3.8) is 0 Å². The fourth-order valence-corrected chi connectivity index (χ4v) is 7.50. The van der Waals surface area contributed by atoms with Gasteiger partial charge in [-0.05, 0) is 114 Å². The highest BCUT2D eigenvalue weighted by molar-refractivity contribution is 5.76. The number of ether oxygens (including phenoxy) is 4. The maximum Gasteiger partial charge on any atom is 0.296 e. The summed E-state index contributed by atoms with van der Waals surface area (Å²) in [7, 11) is 7.51. The zero-order valence-corrected chi connectivity index (χ0v) is 42.1. The molecule has 0 saturated carbocycles. The van der Waals surface area contributed by atoms with Gasteiger partial charge in [0.15, 0.2) is 12.0 Å². The van der Waals surface area contributed by atoms with Crippen molar-refractivity contribution in [3.05, 3.63) is 87.7 Å². The van der Waals surface area contributed by atoms with Crippen molar-refractivity contribution in [2.75, 3.05) is 72.5 Å². The van der Waals surface area contributed by atoms with E-state index in [4.69, 9.17) is 18.9 Å². The highest BCUT2D eigenvalue weighted by Gasteiger charge is 2.44. The molecule has 4 aromatic rings. The predicted octanol–water partition coefficient (Wildman–Crippen LogP) is 6.03. The van der Waals surface area contributed by atoms with Crippen molar-refractivity contribution >= 4 is 45.9 Å². The van der Waals surface area contributed by atoms with Crippen LogP contribution in [0.1, 0.15) is 68.2 Å². The second-order valence-corrected chi connectivity index (χ2v) is 17.9. The summed E-state index contributed by atoms with van der Waals surface area (Å²) in [6.07, 6.45) is 0.566. The van der Waals surface area contributed by atoms with Gasteiger partial charge in [-0.25, -0.2) is 0 Å². The van der Waals surface area contributed by atoms with Gasteiger partial charge in [0, 0.05) is 63.9 Å². The van der Waals surface area contributed by atoms with E-state index >= 15 is 0 Å². The number of carbonyl (C=O) groups is 2. The Morgan fingerprint density at radius 2 is 1.53 bits per heavy atom. The van der Waals surface area contributed by atoms with Gasteiger partial charge in [-0.2, -0.15) is 5.11 Å². The molecule has 0 bridgehead atoms. The number of nitro benzene ring substituents is 1. The molecule has 23 heteroatoms. The summed E-state index contributed by atoms with van der Waals surface area (Å²) in [6, 6.07) is 15.6. The van der Waals surface area contributed by atoms with Crippen LogP contribution in [0.25, 0.3) is 0 Å². The number of amides is 2. The maximum absolute atomic E-state index is 12.6. The largest absolute Gasteiger partial charge is 0.494 e. The van der Waals surface area contributed by atoms with Crippen molar-refractivity contribution in [1.82, 2.24) is 30.5 Å². The number of nitrogens with zero attached hydrogens (tertiary/aromatic N) is 10. The number of unbranched alkanes of at least 4 members (excludes halogenated alkanes) is 2. The minimum Gasteiger partial charge on any atom is -0.494 e. The van der Waals surface area contributed by atoms with Crippen LogP contribution < -0.4 is 20.3 Å². The molecule has 392 valence electrons. The Balaban J connectivity index is 0.947. The number of nitrogens with one attached hydrogen (secondary N) is 2. The van der Waals surface area contributed by atoms with Crippen LogP contribution in [0, 0.1) is 24.0 Å². The lowest BCUT2D eigenvalue weighted by Crippen LogP contribution is -2.59. The summed E-state index contributed by atoms with van der Waals surface area (Å²) in [6.45, 7) is 6.70. The Labute approximate surface area is 419 Å². The van der Waals surface area contributed by atoms with Gasteiger partial charge in [0.1, 0.15) is 41.5 Å². The predicted molar refractivity (Wildman–Crippen MR) is 267 cm³/mol. The number of rotatable bonds is 30. The molecule has 2 amide bonds. The van der Waals surface area contributed by atoms with E-state index in [0.29, 0.717) is 86.8 Å². The van der Waals surface area contributed by atoms with Crippen LogP contribution in [0.5, 0.6) is 5.75 Å². The summed E-state index contributed by atoms with van der Waals surface area (Å²) in [4.78, 5) is 39.9. The molecule has 23 nitrogen and oxygen atoms in total. The summed E-state index contributed by atoms with van der Waals surface area (Å²) in [5, 5.41) is 74.2. The van der Waals surface area contributed by atoms with E-state index in [1.54, 1.807) is 42.1 Å². The Morgan fingerprint density at radius 3 is 2.25 bits per heavy atom. The quantitative estimate of drug-likeness (QED) is 0.0172.